The minimum Gasteiger partial charge on any atom is -0.329 e. The topological polar surface area (TPSA) is 76.8 Å². The van der Waals surface area contributed by atoms with E-state index < -0.39 is 11.6 Å². The molecule has 7 nitrogen and oxygen atoms in total. The van der Waals surface area contributed by atoms with Crippen molar-refractivity contribution in [1.29, 1.82) is 0 Å². The van der Waals surface area contributed by atoms with Crippen LogP contribution in [0.3, 0.4) is 0 Å². The zero-order chi connectivity index (χ0) is 16.7. The van der Waals surface area contributed by atoms with Crippen molar-refractivity contribution in [3.8, 4) is 10.8 Å². The summed E-state index contributed by atoms with van der Waals surface area (Å²) in [6, 6.07) is 3.12. The smallest absolute Gasteiger partial charge is 0.254 e. The van der Waals surface area contributed by atoms with E-state index in [2.05, 4.69) is 19.6 Å². The van der Waals surface area contributed by atoms with Gasteiger partial charge in [-0.3, -0.25) is 4.79 Å². The molecule has 0 atom stereocenters. The summed E-state index contributed by atoms with van der Waals surface area (Å²) in [5, 5.41) is 8.86. The molecular formula is C14H10F2N6OS. The SMILES string of the molecule is O=C(c1ccc(F)c(F)c1)N1CCn2c(nnc2-c2ncns2)C1. The van der Waals surface area contributed by atoms with Crippen molar-refractivity contribution < 1.29 is 13.6 Å². The Morgan fingerprint density at radius 2 is 2.04 bits per heavy atom. The molecule has 1 aromatic carbocycles. The summed E-state index contributed by atoms with van der Waals surface area (Å²) in [5.74, 6) is -1.17. The number of benzene rings is 1. The molecule has 0 radical (unpaired) electrons. The van der Waals surface area contributed by atoms with Gasteiger partial charge in [0.25, 0.3) is 5.91 Å². The van der Waals surface area contributed by atoms with E-state index in [0.717, 1.165) is 12.1 Å². The Labute approximate surface area is 138 Å². The molecule has 0 N–H and O–H groups in total. The fraction of sp³-hybridized carbons (Fsp3) is 0.214. The molecule has 1 aliphatic heterocycles. The minimum absolute atomic E-state index is 0.103. The summed E-state index contributed by atoms with van der Waals surface area (Å²) in [4.78, 5) is 18.1. The Balaban J connectivity index is 1.58. The third kappa shape index (κ3) is 2.44. The third-order valence-corrected chi connectivity index (χ3v) is 4.42. The maximum absolute atomic E-state index is 13.3. The van der Waals surface area contributed by atoms with Crippen LogP contribution in [0.2, 0.25) is 0 Å². The van der Waals surface area contributed by atoms with Gasteiger partial charge in [-0.1, -0.05) is 0 Å². The Hall–Kier alpha value is -2.75. The van der Waals surface area contributed by atoms with Crippen LogP contribution in [0, 0.1) is 11.6 Å². The number of carbonyl (C=O) groups excluding carboxylic acids is 1. The molecule has 1 amide bonds. The van der Waals surface area contributed by atoms with Gasteiger partial charge in [-0.15, -0.1) is 10.2 Å². The van der Waals surface area contributed by atoms with Crippen molar-refractivity contribution in [2.75, 3.05) is 6.54 Å². The Kier molecular flexibility index (Phi) is 3.53. The van der Waals surface area contributed by atoms with Crippen molar-refractivity contribution in [3.63, 3.8) is 0 Å². The molecular weight excluding hydrogens is 338 g/mol. The van der Waals surface area contributed by atoms with E-state index in [1.807, 2.05) is 4.57 Å². The summed E-state index contributed by atoms with van der Waals surface area (Å²) >= 11 is 1.22. The standard InChI is InChI=1S/C14H10F2N6OS/c15-9-2-1-8(5-10(9)16)14(23)21-3-4-22-11(6-21)19-20-12(22)13-17-7-18-24-13/h1-2,5,7H,3-4,6H2. The molecule has 3 aromatic rings. The highest BCUT2D eigenvalue weighted by atomic mass is 32.1. The van der Waals surface area contributed by atoms with Gasteiger partial charge < -0.3 is 9.47 Å². The zero-order valence-corrected chi connectivity index (χ0v) is 13.0. The number of aromatic nitrogens is 5. The molecule has 1 aliphatic rings. The minimum atomic E-state index is -1.04. The fourth-order valence-corrected chi connectivity index (χ4v) is 3.09. The van der Waals surface area contributed by atoms with Gasteiger partial charge in [-0.05, 0) is 29.7 Å². The fourth-order valence-electron chi connectivity index (χ4n) is 2.57. The predicted octanol–water partition coefficient (Wildman–Crippen LogP) is 1.73. The normalized spacial score (nSPS) is 13.8. The van der Waals surface area contributed by atoms with E-state index in [9.17, 15) is 13.6 Å². The number of hydrogen-bond donors (Lipinski definition) is 0. The maximum Gasteiger partial charge on any atom is 0.254 e. The lowest BCUT2D eigenvalue weighted by molar-refractivity contribution is 0.0707. The summed E-state index contributed by atoms with van der Waals surface area (Å²) in [6.45, 7) is 1.14. The lowest BCUT2D eigenvalue weighted by Gasteiger charge is -2.27. The van der Waals surface area contributed by atoms with E-state index >= 15 is 0 Å². The molecule has 0 saturated heterocycles. The first kappa shape index (κ1) is 14.8. The summed E-state index contributed by atoms with van der Waals surface area (Å²) in [7, 11) is 0. The first-order valence-electron chi connectivity index (χ1n) is 7.07. The van der Waals surface area contributed by atoms with E-state index in [1.54, 1.807) is 0 Å². The summed E-state index contributed by atoms with van der Waals surface area (Å²) in [6.07, 6.45) is 1.45. The monoisotopic (exact) mass is 348 g/mol. The summed E-state index contributed by atoms with van der Waals surface area (Å²) in [5.41, 5.74) is 0.103. The van der Waals surface area contributed by atoms with Gasteiger partial charge in [-0.2, -0.15) is 4.37 Å². The highest BCUT2D eigenvalue weighted by molar-refractivity contribution is 7.08. The van der Waals surface area contributed by atoms with Gasteiger partial charge in [0.05, 0.1) is 6.54 Å². The van der Waals surface area contributed by atoms with Gasteiger partial charge >= 0.3 is 0 Å². The van der Waals surface area contributed by atoms with Crippen LogP contribution >= 0.6 is 11.5 Å². The van der Waals surface area contributed by atoms with Crippen molar-refractivity contribution in [3.05, 3.63) is 47.5 Å². The third-order valence-electron chi connectivity index (χ3n) is 3.76. The zero-order valence-electron chi connectivity index (χ0n) is 12.2. The quantitative estimate of drug-likeness (QED) is 0.705. The Morgan fingerprint density at radius 3 is 2.79 bits per heavy atom. The highest BCUT2D eigenvalue weighted by Crippen LogP contribution is 2.23. The van der Waals surface area contributed by atoms with Crippen molar-refractivity contribution in [2.24, 2.45) is 0 Å². The second-order valence-electron chi connectivity index (χ2n) is 5.19. The molecule has 4 rings (SSSR count). The van der Waals surface area contributed by atoms with Gasteiger partial charge in [0.15, 0.2) is 28.3 Å². The average molecular weight is 348 g/mol. The molecule has 122 valence electrons. The lowest BCUT2D eigenvalue weighted by atomic mass is 10.1. The number of hydrogen-bond acceptors (Lipinski definition) is 6. The van der Waals surface area contributed by atoms with Crippen LogP contribution in [0.4, 0.5) is 8.78 Å². The predicted molar refractivity (Wildman–Crippen MR) is 80.0 cm³/mol. The molecule has 3 heterocycles. The highest BCUT2D eigenvalue weighted by Gasteiger charge is 2.26. The van der Waals surface area contributed by atoms with Gasteiger partial charge in [0.1, 0.15) is 6.33 Å². The van der Waals surface area contributed by atoms with E-state index in [1.165, 1.54) is 28.8 Å². The first-order valence-corrected chi connectivity index (χ1v) is 7.84. The molecule has 10 heteroatoms. The van der Waals surface area contributed by atoms with Crippen LogP contribution in [0.5, 0.6) is 0 Å². The molecule has 0 unspecified atom stereocenters. The Bertz CT molecular complexity index is 910. The second kappa shape index (κ2) is 5.71. The number of amides is 1. The van der Waals surface area contributed by atoms with Gasteiger partial charge in [-0.25, -0.2) is 13.8 Å². The molecule has 24 heavy (non-hydrogen) atoms. The number of fused-ring (bicyclic) bond motifs is 1. The second-order valence-corrected chi connectivity index (χ2v) is 5.97. The van der Waals surface area contributed by atoms with E-state index in [-0.39, 0.29) is 18.0 Å². The van der Waals surface area contributed by atoms with Crippen LogP contribution in [0.1, 0.15) is 16.2 Å². The molecule has 0 bridgehead atoms. The van der Waals surface area contributed by atoms with E-state index in [4.69, 9.17) is 0 Å². The summed E-state index contributed by atoms with van der Waals surface area (Å²) < 4.78 is 32.2. The van der Waals surface area contributed by atoms with Crippen molar-refractivity contribution in [2.45, 2.75) is 13.1 Å². The Morgan fingerprint density at radius 1 is 1.17 bits per heavy atom. The molecule has 2 aromatic heterocycles. The number of carbonyl (C=O) groups is 1. The number of rotatable bonds is 2. The van der Waals surface area contributed by atoms with Crippen molar-refractivity contribution in [1.82, 2.24) is 29.0 Å². The van der Waals surface area contributed by atoms with Gasteiger partial charge in [0, 0.05) is 18.7 Å². The van der Waals surface area contributed by atoms with Crippen LogP contribution < -0.4 is 0 Å². The van der Waals surface area contributed by atoms with Crippen LogP contribution in [-0.4, -0.2) is 41.5 Å². The van der Waals surface area contributed by atoms with Crippen LogP contribution in [-0.2, 0) is 13.1 Å². The van der Waals surface area contributed by atoms with E-state index in [0.29, 0.717) is 29.7 Å². The van der Waals surface area contributed by atoms with Gasteiger partial charge in [0.2, 0.25) is 0 Å². The van der Waals surface area contributed by atoms with Crippen LogP contribution in [0.25, 0.3) is 10.8 Å². The maximum atomic E-state index is 13.3. The number of halogens is 2. The molecule has 0 fully saturated rings. The number of nitrogens with zero attached hydrogens (tertiary/aromatic N) is 6. The molecule has 0 aliphatic carbocycles. The largest absolute Gasteiger partial charge is 0.329 e. The lowest BCUT2D eigenvalue weighted by Crippen LogP contribution is -2.38. The van der Waals surface area contributed by atoms with Crippen LogP contribution in [0.15, 0.2) is 24.5 Å². The average Bonchev–Trinajstić information content (AvgIpc) is 3.24. The first-order chi connectivity index (χ1) is 11.6. The molecule has 0 saturated carbocycles. The molecule has 0 spiro atoms. The van der Waals surface area contributed by atoms with Crippen molar-refractivity contribution >= 4 is 17.4 Å².